The summed E-state index contributed by atoms with van der Waals surface area (Å²) in [6.07, 6.45) is 11.0. The molecule has 2 saturated carbocycles. The number of nitrogens with one attached hydrogen (secondary N) is 3. The first-order valence-electron chi connectivity index (χ1n) is 30.6. The molecule has 4 saturated heterocycles. The predicted octanol–water partition coefficient (Wildman–Crippen LogP) is 8.88. The third kappa shape index (κ3) is 11.6. The molecule has 86 heavy (non-hydrogen) atoms. The van der Waals surface area contributed by atoms with Gasteiger partial charge in [-0.05, 0) is 155 Å². The fourth-order valence-corrected chi connectivity index (χ4v) is 15.7. The number of fused-ring (bicyclic) bond motifs is 3. The molecule has 21 nitrogen and oxygen atoms in total. The number of carbonyl (C=O) groups excluding carboxylic acids is 1. The van der Waals surface area contributed by atoms with E-state index in [9.17, 15) is 28.4 Å². The molecule has 0 radical (unpaired) electrons. The smallest absolute Gasteiger partial charge is 0.293 e. The molecule has 1 spiro atoms. The number of pyridine rings is 2. The summed E-state index contributed by atoms with van der Waals surface area (Å²) in [5, 5.41) is 26.9. The van der Waals surface area contributed by atoms with Gasteiger partial charge in [0.2, 0.25) is 5.88 Å². The van der Waals surface area contributed by atoms with Gasteiger partial charge in [-0.1, -0.05) is 24.3 Å². The van der Waals surface area contributed by atoms with Gasteiger partial charge >= 0.3 is 0 Å². The highest BCUT2D eigenvalue weighted by molar-refractivity contribution is 7.90. The van der Waals surface area contributed by atoms with Gasteiger partial charge in [0.1, 0.15) is 23.1 Å². The Kier molecular flexibility index (Phi) is 15.9. The summed E-state index contributed by atoms with van der Waals surface area (Å²) in [4.78, 5) is 51.4. The molecule has 4 N–H and O–H groups in total. The Labute approximate surface area is 502 Å². The SMILES string of the molecule is COc1cc(CN2CCN(C3CC4(CCN(c5ccc(C(=O)NS(=O)(=O)c6ccc(NCC7CCC(C)(O)CC7)c([N+](=O)[O-])c6)c(N6c7cc8cc[nH]c8nc7O[C@H]7COCC[C@@H]76)c5)CC4)C3)[C@H](c3ccccc3C)C2)cnc1N1CCOC[C@@H]1C. The van der Waals surface area contributed by atoms with E-state index in [2.05, 4.69) is 83.7 Å². The molecule has 1 amide bonds. The number of aromatic amines is 1. The number of piperazine rings is 1. The van der Waals surface area contributed by atoms with E-state index in [1.54, 1.807) is 13.2 Å². The van der Waals surface area contributed by atoms with Gasteiger partial charge in [-0.25, -0.2) is 18.1 Å². The first kappa shape index (κ1) is 58.0. The van der Waals surface area contributed by atoms with Crippen LogP contribution in [0, 0.1) is 28.4 Å². The van der Waals surface area contributed by atoms with E-state index in [0.717, 1.165) is 119 Å². The molecule has 13 rings (SSSR count). The molecule has 4 atom stereocenters. The Morgan fingerprint density at radius 1 is 0.930 bits per heavy atom. The summed E-state index contributed by atoms with van der Waals surface area (Å²) in [7, 11) is -2.92. The van der Waals surface area contributed by atoms with Crippen molar-refractivity contribution in [1.82, 2.24) is 29.5 Å². The highest BCUT2D eigenvalue weighted by Crippen LogP contribution is 2.54. The molecular weight excluding hydrogens is 1110 g/mol. The Morgan fingerprint density at radius 2 is 1.73 bits per heavy atom. The number of nitrogens with zero attached hydrogens (tertiary/aromatic N) is 8. The summed E-state index contributed by atoms with van der Waals surface area (Å²) < 4.78 is 55.1. The van der Waals surface area contributed by atoms with Crippen molar-refractivity contribution in [1.29, 1.82) is 0 Å². The van der Waals surface area contributed by atoms with Crippen molar-refractivity contribution in [2.75, 3.05) is 99.4 Å². The van der Waals surface area contributed by atoms with Gasteiger partial charge in [-0.15, -0.1) is 0 Å². The minimum atomic E-state index is -4.65. The summed E-state index contributed by atoms with van der Waals surface area (Å²) in [5.41, 5.74) is 5.82. The molecule has 6 aromatic rings. The minimum Gasteiger partial charge on any atom is -0.493 e. The lowest BCUT2D eigenvalue weighted by Crippen LogP contribution is -2.59. The Hall–Kier alpha value is -7.08. The lowest BCUT2D eigenvalue weighted by atomic mass is 9.59. The van der Waals surface area contributed by atoms with Crippen LogP contribution in [0.1, 0.15) is 105 Å². The Morgan fingerprint density at radius 3 is 2.51 bits per heavy atom. The lowest BCUT2D eigenvalue weighted by molar-refractivity contribution is -0.384. The molecule has 0 bridgehead atoms. The van der Waals surface area contributed by atoms with Crippen LogP contribution in [0.5, 0.6) is 11.6 Å². The first-order valence-corrected chi connectivity index (χ1v) is 32.1. The number of aromatic nitrogens is 3. The molecule has 5 aliphatic heterocycles. The largest absolute Gasteiger partial charge is 0.493 e. The molecule has 456 valence electrons. The number of carbonyl (C=O) groups is 1. The molecule has 7 aliphatic rings. The van der Waals surface area contributed by atoms with E-state index in [0.29, 0.717) is 81.2 Å². The van der Waals surface area contributed by atoms with E-state index in [1.807, 2.05) is 43.6 Å². The number of sulfonamides is 1. The number of benzene rings is 3. The average molecular weight is 1190 g/mol. The van der Waals surface area contributed by atoms with E-state index >= 15 is 0 Å². The maximum atomic E-state index is 14.9. The Bertz CT molecular complexity index is 3610. The molecule has 6 fully saturated rings. The van der Waals surface area contributed by atoms with Crippen LogP contribution in [-0.2, 0) is 26.0 Å². The molecule has 3 aromatic carbocycles. The highest BCUT2D eigenvalue weighted by Gasteiger charge is 2.50. The minimum absolute atomic E-state index is 0.107. The number of aliphatic hydroxyl groups is 1. The van der Waals surface area contributed by atoms with Gasteiger partial charge in [-0.2, -0.15) is 4.98 Å². The van der Waals surface area contributed by atoms with Gasteiger partial charge in [-0.3, -0.25) is 24.7 Å². The second kappa shape index (κ2) is 23.5. The number of H-pyrrole nitrogens is 1. The van der Waals surface area contributed by atoms with E-state index < -0.39 is 43.1 Å². The van der Waals surface area contributed by atoms with Crippen molar-refractivity contribution in [3.8, 4) is 11.6 Å². The molecule has 0 unspecified atom stereocenters. The zero-order valence-electron chi connectivity index (χ0n) is 49.6. The normalized spacial score (nSPS) is 25.5. The van der Waals surface area contributed by atoms with Gasteiger partial charge in [0.25, 0.3) is 21.6 Å². The maximum absolute atomic E-state index is 14.9. The van der Waals surface area contributed by atoms with Crippen LogP contribution in [0.4, 0.5) is 34.3 Å². The molecule has 8 heterocycles. The average Bonchev–Trinajstić information content (AvgIpc) is 1.55. The number of rotatable bonds is 15. The summed E-state index contributed by atoms with van der Waals surface area (Å²) in [5.74, 6) is 1.33. The standard InChI is InChI=1S/C64H79N11O10S/c1-41-7-5-6-8-49(41)56-38-70(37-44-29-57(82-4)60(67-36-44)72-26-28-84-39-42(72)2)24-25-73(56)47-33-64(34-47)19-22-71(23-20-64)46-9-11-50(53(31-46)74-52-16-27-83-40-58(52)85-62-55(74)30-45-15-21-65-59(45)68-62)61(76)69-86(80,81)48-10-12-51(54(32-48)75(78)79)66-35-43-13-17-63(3,77)18-14-43/h5-12,15,21,29-32,36,42-43,47,52,56,58,66,77H,13-14,16-20,22-28,33-35,37-40H2,1-4H3,(H,65,68)(H,69,76)/t42-,43?,52-,56-,58-,63?/m0/s1. The van der Waals surface area contributed by atoms with Crippen LogP contribution in [0.25, 0.3) is 11.0 Å². The second-order valence-electron chi connectivity index (χ2n) is 25.5. The number of hydrogen-bond acceptors (Lipinski definition) is 18. The van der Waals surface area contributed by atoms with Crippen molar-refractivity contribution in [3.05, 3.63) is 124 Å². The number of nitro groups is 1. The number of ether oxygens (including phenoxy) is 4. The third-order valence-corrected chi connectivity index (χ3v) is 21.1. The number of methoxy groups -OCH3 is 1. The first-order chi connectivity index (χ1) is 41.5. The van der Waals surface area contributed by atoms with Crippen molar-refractivity contribution in [2.45, 2.75) is 126 Å². The predicted molar refractivity (Wildman–Crippen MR) is 328 cm³/mol. The van der Waals surface area contributed by atoms with E-state index in [1.165, 1.54) is 23.3 Å². The van der Waals surface area contributed by atoms with Crippen LogP contribution in [-0.4, -0.2) is 158 Å². The van der Waals surface area contributed by atoms with Crippen LogP contribution in [0.15, 0.2) is 96.2 Å². The van der Waals surface area contributed by atoms with Crippen LogP contribution in [0.3, 0.4) is 0 Å². The summed E-state index contributed by atoms with van der Waals surface area (Å²) in [6, 6.07) is 24.8. The molecule has 3 aromatic heterocycles. The number of anilines is 5. The van der Waals surface area contributed by atoms with E-state index in [4.69, 9.17) is 28.9 Å². The molecule has 2 aliphatic carbocycles. The van der Waals surface area contributed by atoms with Crippen LogP contribution < -0.4 is 34.2 Å². The fourth-order valence-electron chi connectivity index (χ4n) is 14.8. The highest BCUT2D eigenvalue weighted by atomic mass is 32.2. The lowest BCUT2D eigenvalue weighted by Gasteiger charge is -2.58. The van der Waals surface area contributed by atoms with Crippen molar-refractivity contribution in [3.63, 3.8) is 0 Å². The van der Waals surface area contributed by atoms with Crippen LogP contribution >= 0.6 is 0 Å². The van der Waals surface area contributed by atoms with Crippen LogP contribution in [0.2, 0.25) is 0 Å². The Balaban J connectivity index is 0.735. The topological polar surface area (TPSA) is 233 Å². The molecular formula is C64H79N11O10S. The summed E-state index contributed by atoms with van der Waals surface area (Å²) >= 11 is 0. The summed E-state index contributed by atoms with van der Waals surface area (Å²) in [6.45, 7) is 14.7. The number of hydrogen-bond donors (Lipinski definition) is 4. The molecule has 22 heteroatoms. The van der Waals surface area contributed by atoms with Crippen molar-refractivity contribution < 1.29 is 42.2 Å². The monoisotopic (exact) mass is 1190 g/mol. The quantitative estimate of drug-likeness (QED) is 0.0555. The zero-order valence-corrected chi connectivity index (χ0v) is 50.4. The van der Waals surface area contributed by atoms with Gasteiger partial charge < -0.3 is 49.1 Å². The van der Waals surface area contributed by atoms with Gasteiger partial charge in [0, 0.05) is 101 Å². The number of morpholine rings is 1. The van der Waals surface area contributed by atoms with Crippen molar-refractivity contribution in [2.24, 2.45) is 11.3 Å². The zero-order chi connectivity index (χ0) is 59.5. The number of amides is 1. The maximum Gasteiger partial charge on any atom is 0.293 e. The van der Waals surface area contributed by atoms with Gasteiger partial charge in [0.05, 0.1) is 65.7 Å². The van der Waals surface area contributed by atoms with Gasteiger partial charge in [0.15, 0.2) is 11.6 Å². The third-order valence-electron chi connectivity index (χ3n) is 19.8. The number of piperidine rings is 1. The van der Waals surface area contributed by atoms with E-state index in [-0.39, 0.29) is 40.7 Å². The van der Waals surface area contributed by atoms with Crippen molar-refractivity contribution >= 4 is 61.2 Å². The number of aryl methyl sites for hydroxylation is 1. The number of nitro benzene ring substituents is 1. The second-order valence-corrected chi connectivity index (χ2v) is 27.1. The fraction of sp³-hybridized carbons (Fsp3) is 0.516.